The van der Waals surface area contributed by atoms with Gasteiger partial charge in [0.05, 0.1) is 13.2 Å². The number of carbonyl (C=O) groups excluding carboxylic acids is 1. The van der Waals surface area contributed by atoms with Crippen LogP contribution in [0.2, 0.25) is 5.02 Å². The Labute approximate surface area is 112 Å². The van der Waals surface area contributed by atoms with Gasteiger partial charge in [-0.25, -0.2) is 4.79 Å². The summed E-state index contributed by atoms with van der Waals surface area (Å²) < 4.78 is 5.13. The zero-order valence-electron chi connectivity index (χ0n) is 10.5. The van der Waals surface area contributed by atoms with Gasteiger partial charge >= 0.3 is 6.03 Å². The molecule has 0 bridgehead atoms. The Hall–Kier alpha value is -1.26. The van der Waals surface area contributed by atoms with E-state index in [-0.39, 0.29) is 11.4 Å². The van der Waals surface area contributed by atoms with Gasteiger partial charge in [-0.3, -0.25) is 0 Å². The van der Waals surface area contributed by atoms with Crippen LogP contribution in [-0.4, -0.2) is 25.8 Å². The molecule has 18 heavy (non-hydrogen) atoms. The van der Waals surface area contributed by atoms with Crippen LogP contribution in [0.1, 0.15) is 12.5 Å². The first-order chi connectivity index (χ1) is 8.48. The SMILES string of the molecule is Cc1ccc(NC(=O)NCC2(C)COC2)cc1Cl. The van der Waals surface area contributed by atoms with Crippen LogP contribution in [0.4, 0.5) is 10.5 Å². The van der Waals surface area contributed by atoms with E-state index in [2.05, 4.69) is 17.6 Å². The summed E-state index contributed by atoms with van der Waals surface area (Å²) in [5.74, 6) is 0. The zero-order valence-corrected chi connectivity index (χ0v) is 11.3. The van der Waals surface area contributed by atoms with E-state index in [0.29, 0.717) is 30.5 Å². The van der Waals surface area contributed by atoms with Crippen molar-refractivity contribution in [2.45, 2.75) is 13.8 Å². The van der Waals surface area contributed by atoms with Crippen molar-refractivity contribution in [2.75, 3.05) is 25.1 Å². The quantitative estimate of drug-likeness (QED) is 0.886. The molecule has 5 heteroatoms. The van der Waals surface area contributed by atoms with Crippen LogP contribution in [0.3, 0.4) is 0 Å². The number of rotatable bonds is 3. The third-order valence-corrected chi connectivity index (χ3v) is 3.41. The third kappa shape index (κ3) is 3.15. The summed E-state index contributed by atoms with van der Waals surface area (Å²) in [6.45, 7) is 6.01. The molecule has 1 aliphatic rings. The minimum atomic E-state index is -0.219. The molecule has 0 aromatic heterocycles. The lowest BCUT2D eigenvalue weighted by molar-refractivity contribution is -0.0974. The minimum absolute atomic E-state index is 0.0717. The van der Waals surface area contributed by atoms with Crippen LogP contribution < -0.4 is 10.6 Å². The first-order valence-corrected chi connectivity index (χ1v) is 6.25. The normalized spacial score (nSPS) is 16.8. The molecule has 0 radical (unpaired) electrons. The first kappa shape index (κ1) is 13.2. The average molecular weight is 269 g/mol. The maximum Gasteiger partial charge on any atom is 0.319 e. The van der Waals surface area contributed by atoms with Crippen LogP contribution in [0.15, 0.2) is 18.2 Å². The Morgan fingerprint density at radius 2 is 2.22 bits per heavy atom. The topological polar surface area (TPSA) is 50.4 Å². The highest BCUT2D eigenvalue weighted by molar-refractivity contribution is 6.31. The largest absolute Gasteiger partial charge is 0.380 e. The van der Waals surface area contributed by atoms with E-state index < -0.39 is 0 Å². The van der Waals surface area contributed by atoms with E-state index in [9.17, 15) is 4.79 Å². The second-order valence-electron chi connectivity index (χ2n) is 5.08. The van der Waals surface area contributed by atoms with Crippen molar-refractivity contribution in [3.8, 4) is 0 Å². The summed E-state index contributed by atoms with van der Waals surface area (Å²) >= 11 is 5.99. The molecule has 1 saturated heterocycles. The summed E-state index contributed by atoms with van der Waals surface area (Å²) in [4.78, 5) is 11.7. The molecule has 1 aliphatic heterocycles. The molecule has 0 saturated carbocycles. The molecule has 98 valence electrons. The summed E-state index contributed by atoms with van der Waals surface area (Å²) in [5, 5.41) is 6.24. The van der Waals surface area contributed by atoms with Gasteiger partial charge in [0.2, 0.25) is 0 Å². The zero-order chi connectivity index (χ0) is 13.2. The highest BCUT2D eigenvalue weighted by atomic mass is 35.5. The lowest BCUT2D eigenvalue weighted by Gasteiger charge is -2.37. The lowest BCUT2D eigenvalue weighted by Crippen LogP contribution is -2.49. The molecule has 1 aromatic rings. The van der Waals surface area contributed by atoms with E-state index in [0.717, 1.165) is 5.56 Å². The molecular weight excluding hydrogens is 252 g/mol. The van der Waals surface area contributed by atoms with Gasteiger partial charge in [0.25, 0.3) is 0 Å². The molecule has 1 heterocycles. The van der Waals surface area contributed by atoms with Gasteiger partial charge in [0.15, 0.2) is 0 Å². The van der Waals surface area contributed by atoms with Gasteiger partial charge in [0, 0.05) is 22.7 Å². The second kappa shape index (κ2) is 5.16. The van der Waals surface area contributed by atoms with E-state index >= 15 is 0 Å². The predicted octanol–water partition coefficient (Wildman–Crippen LogP) is 2.81. The van der Waals surface area contributed by atoms with Crippen LogP contribution in [0.5, 0.6) is 0 Å². The molecule has 2 N–H and O–H groups in total. The fourth-order valence-corrected chi connectivity index (χ4v) is 1.87. The molecule has 0 aliphatic carbocycles. The second-order valence-corrected chi connectivity index (χ2v) is 5.48. The molecule has 1 aromatic carbocycles. The van der Waals surface area contributed by atoms with Crippen molar-refractivity contribution in [3.63, 3.8) is 0 Å². The van der Waals surface area contributed by atoms with E-state index in [4.69, 9.17) is 16.3 Å². The number of urea groups is 1. The van der Waals surface area contributed by atoms with Crippen LogP contribution in [0, 0.1) is 12.3 Å². The van der Waals surface area contributed by atoms with Gasteiger partial charge in [-0.05, 0) is 24.6 Å². The smallest absolute Gasteiger partial charge is 0.319 e. The molecule has 0 spiro atoms. The van der Waals surface area contributed by atoms with E-state index in [1.165, 1.54) is 0 Å². The third-order valence-electron chi connectivity index (χ3n) is 3.01. The number of aryl methyl sites for hydroxylation is 1. The molecule has 1 fully saturated rings. The standard InChI is InChI=1S/C13H17ClN2O2/c1-9-3-4-10(5-11(9)14)16-12(17)15-6-13(2)7-18-8-13/h3-5H,6-8H2,1-2H3,(H2,15,16,17). The van der Waals surface area contributed by atoms with Crippen molar-refractivity contribution >= 4 is 23.3 Å². The highest BCUT2D eigenvalue weighted by Crippen LogP contribution is 2.25. The summed E-state index contributed by atoms with van der Waals surface area (Å²) in [6, 6.07) is 5.22. The molecule has 0 unspecified atom stereocenters. The summed E-state index contributed by atoms with van der Waals surface area (Å²) in [5.41, 5.74) is 1.75. The van der Waals surface area contributed by atoms with Gasteiger partial charge in [-0.15, -0.1) is 0 Å². The molecule has 2 amide bonds. The molecular formula is C13H17ClN2O2. The number of hydrogen-bond donors (Lipinski definition) is 2. The number of halogens is 1. The van der Waals surface area contributed by atoms with Gasteiger partial charge in [-0.1, -0.05) is 24.6 Å². The fraction of sp³-hybridized carbons (Fsp3) is 0.462. The van der Waals surface area contributed by atoms with Crippen molar-refractivity contribution in [1.29, 1.82) is 0 Å². The van der Waals surface area contributed by atoms with Gasteiger partial charge in [0.1, 0.15) is 0 Å². The number of ether oxygens (including phenoxy) is 1. The first-order valence-electron chi connectivity index (χ1n) is 5.87. The monoisotopic (exact) mass is 268 g/mol. The number of nitrogens with one attached hydrogen (secondary N) is 2. The Kier molecular flexibility index (Phi) is 3.78. The molecule has 4 nitrogen and oxygen atoms in total. The van der Waals surface area contributed by atoms with E-state index in [1.807, 2.05) is 19.1 Å². The number of hydrogen-bond acceptors (Lipinski definition) is 2. The van der Waals surface area contributed by atoms with Crippen LogP contribution in [0.25, 0.3) is 0 Å². The maximum absolute atomic E-state index is 11.7. The average Bonchev–Trinajstić information content (AvgIpc) is 2.29. The van der Waals surface area contributed by atoms with Crippen molar-refractivity contribution in [1.82, 2.24) is 5.32 Å². The Balaban J connectivity index is 1.85. The molecule has 2 rings (SSSR count). The summed E-state index contributed by atoms with van der Waals surface area (Å²) in [6.07, 6.45) is 0. The Morgan fingerprint density at radius 1 is 1.50 bits per heavy atom. The van der Waals surface area contributed by atoms with Crippen molar-refractivity contribution < 1.29 is 9.53 Å². The lowest BCUT2D eigenvalue weighted by atomic mass is 9.89. The van der Waals surface area contributed by atoms with Crippen molar-refractivity contribution in [2.24, 2.45) is 5.41 Å². The molecule has 0 atom stereocenters. The van der Waals surface area contributed by atoms with Crippen molar-refractivity contribution in [3.05, 3.63) is 28.8 Å². The Morgan fingerprint density at radius 3 is 2.78 bits per heavy atom. The van der Waals surface area contributed by atoms with Crippen LogP contribution in [-0.2, 0) is 4.74 Å². The number of anilines is 1. The fourth-order valence-electron chi connectivity index (χ4n) is 1.69. The summed E-state index contributed by atoms with van der Waals surface area (Å²) in [7, 11) is 0. The Bertz CT molecular complexity index is 458. The van der Waals surface area contributed by atoms with E-state index in [1.54, 1.807) is 6.07 Å². The number of benzene rings is 1. The van der Waals surface area contributed by atoms with Crippen LogP contribution >= 0.6 is 11.6 Å². The number of carbonyl (C=O) groups is 1. The number of amides is 2. The maximum atomic E-state index is 11.7. The van der Waals surface area contributed by atoms with Gasteiger partial charge < -0.3 is 15.4 Å². The highest BCUT2D eigenvalue weighted by Gasteiger charge is 2.33. The predicted molar refractivity (Wildman–Crippen MR) is 72.1 cm³/mol. The van der Waals surface area contributed by atoms with Gasteiger partial charge in [-0.2, -0.15) is 0 Å². The minimum Gasteiger partial charge on any atom is -0.380 e.